The molecule has 1 aromatic rings. The maximum absolute atomic E-state index is 13.7. The third-order valence-corrected chi connectivity index (χ3v) is 5.48. The predicted molar refractivity (Wildman–Crippen MR) is 84.9 cm³/mol. The molecule has 23 heavy (non-hydrogen) atoms. The Hall–Kier alpha value is -1.91. The Morgan fingerprint density at radius 1 is 1.35 bits per heavy atom. The molecule has 0 radical (unpaired) electrons. The Balaban J connectivity index is 1.76. The first-order chi connectivity index (χ1) is 11.0. The van der Waals surface area contributed by atoms with Crippen LogP contribution in [0.2, 0.25) is 0 Å². The molecule has 4 nitrogen and oxygen atoms in total. The van der Waals surface area contributed by atoms with Gasteiger partial charge in [0, 0.05) is 31.6 Å². The second-order valence-electron chi connectivity index (χ2n) is 6.70. The lowest BCUT2D eigenvalue weighted by Gasteiger charge is -2.50. The van der Waals surface area contributed by atoms with Crippen LogP contribution in [-0.4, -0.2) is 29.8 Å². The van der Waals surface area contributed by atoms with E-state index in [-0.39, 0.29) is 30.2 Å². The number of hydrogen-bond donors (Lipinski definition) is 1. The molecule has 0 bridgehead atoms. The number of likely N-dealkylation sites (tertiary alicyclic amines) is 1. The SMILES string of the molecule is CN1C(=O)CC[C@]2(C(=O)NCc3ccccc3F)CCCC[C@@H]12. The van der Waals surface area contributed by atoms with E-state index in [4.69, 9.17) is 0 Å². The average Bonchev–Trinajstić information content (AvgIpc) is 2.57. The molecule has 1 heterocycles. The minimum Gasteiger partial charge on any atom is -0.351 e. The zero-order chi connectivity index (χ0) is 16.4. The maximum Gasteiger partial charge on any atom is 0.228 e. The van der Waals surface area contributed by atoms with Crippen molar-refractivity contribution >= 4 is 11.8 Å². The van der Waals surface area contributed by atoms with Crippen molar-refractivity contribution in [3.05, 3.63) is 35.6 Å². The van der Waals surface area contributed by atoms with Crippen LogP contribution in [0, 0.1) is 11.2 Å². The number of piperidine rings is 1. The van der Waals surface area contributed by atoms with Crippen LogP contribution in [0.3, 0.4) is 0 Å². The number of benzene rings is 1. The van der Waals surface area contributed by atoms with Gasteiger partial charge in [0.1, 0.15) is 5.82 Å². The highest BCUT2D eigenvalue weighted by atomic mass is 19.1. The first-order valence-corrected chi connectivity index (χ1v) is 8.32. The molecule has 2 atom stereocenters. The molecule has 1 saturated heterocycles. The summed E-state index contributed by atoms with van der Waals surface area (Å²) in [6, 6.07) is 6.45. The van der Waals surface area contributed by atoms with Gasteiger partial charge in [-0.2, -0.15) is 0 Å². The lowest BCUT2D eigenvalue weighted by molar-refractivity contribution is -0.153. The summed E-state index contributed by atoms with van der Waals surface area (Å²) in [7, 11) is 1.80. The van der Waals surface area contributed by atoms with Crippen LogP contribution < -0.4 is 5.32 Å². The Bertz CT molecular complexity index is 619. The molecule has 1 aromatic carbocycles. The summed E-state index contributed by atoms with van der Waals surface area (Å²) in [6.45, 7) is 0.192. The monoisotopic (exact) mass is 318 g/mol. The number of carbonyl (C=O) groups excluding carboxylic acids is 2. The molecule has 2 fully saturated rings. The zero-order valence-corrected chi connectivity index (χ0v) is 13.5. The van der Waals surface area contributed by atoms with Crippen molar-refractivity contribution in [3.8, 4) is 0 Å². The third-order valence-electron chi connectivity index (χ3n) is 5.48. The van der Waals surface area contributed by atoms with Gasteiger partial charge in [0.05, 0.1) is 5.41 Å². The second kappa shape index (κ2) is 6.30. The molecular formula is C18H23FN2O2. The molecule has 124 valence electrons. The fraction of sp³-hybridized carbons (Fsp3) is 0.556. The van der Waals surface area contributed by atoms with Crippen LogP contribution in [-0.2, 0) is 16.1 Å². The topological polar surface area (TPSA) is 49.4 Å². The molecule has 2 amide bonds. The highest BCUT2D eigenvalue weighted by Gasteiger charge is 2.52. The Morgan fingerprint density at radius 3 is 2.91 bits per heavy atom. The summed E-state index contributed by atoms with van der Waals surface area (Å²) in [5.74, 6) is -0.222. The van der Waals surface area contributed by atoms with Gasteiger partial charge >= 0.3 is 0 Å². The lowest BCUT2D eigenvalue weighted by atomic mass is 9.64. The summed E-state index contributed by atoms with van der Waals surface area (Å²) in [4.78, 5) is 26.7. The first kappa shape index (κ1) is 16.0. The highest BCUT2D eigenvalue weighted by Crippen LogP contribution is 2.46. The summed E-state index contributed by atoms with van der Waals surface area (Å²) in [5, 5.41) is 2.92. The van der Waals surface area contributed by atoms with Crippen molar-refractivity contribution < 1.29 is 14.0 Å². The van der Waals surface area contributed by atoms with Gasteiger partial charge in [-0.3, -0.25) is 9.59 Å². The fourth-order valence-electron chi connectivity index (χ4n) is 4.13. The lowest BCUT2D eigenvalue weighted by Crippen LogP contribution is -2.60. The number of rotatable bonds is 3. The van der Waals surface area contributed by atoms with E-state index in [2.05, 4.69) is 5.32 Å². The fourth-order valence-corrected chi connectivity index (χ4v) is 4.13. The van der Waals surface area contributed by atoms with Crippen molar-refractivity contribution in [1.29, 1.82) is 0 Å². The number of halogens is 1. The van der Waals surface area contributed by atoms with Crippen LogP contribution in [0.1, 0.15) is 44.1 Å². The number of fused-ring (bicyclic) bond motifs is 1. The summed E-state index contributed by atoms with van der Waals surface area (Å²) in [6.07, 6.45) is 4.74. The quantitative estimate of drug-likeness (QED) is 0.931. The molecule has 0 spiro atoms. The van der Waals surface area contributed by atoms with Gasteiger partial charge in [-0.1, -0.05) is 31.0 Å². The smallest absolute Gasteiger partial charge is 0.228 e. The number of nitrogens with zero attached hydrogens (tertiary/aromatic N) is 1. The van der Waals surface area contributed by atoms with E-state index in [1.54, 1.807) is 30.1 Å². The molecule has 5 heteroatoms. The second-order valence-corrected chi connectivity index (χ2v) is 6.70. The molecule has 1 N–H and O–H groups in total. The van der Waals surface area contributed by atoms with Crippen molar-refractivity contribution in [2.75, 3.05) is 7.05 Å². The van der Waals surface area contributed by atoms with Gasteiger partial charge in [-0.25, -0.2) is 4.39 Å². The maximum atomic E-state index is 13.7. The molecule has 1 saturated carbocycles. The molecule has 1 aliphatic heterocycles. The zero-order valence-electron chi connectivity index (χ0n) is 13.5. The Kier molecular flexibility index (Phi) is 4.37. The minimum atomic E-state index is -0.508. The van der Waals surface area contributed by atoms with Gasteiger partial charge in [-0.05, 0) is 25.3 Å². The summed E-state index contributed by atoms with van der Waals surface area (Å²) < 4.78 is 13.7. The summed E-state index contributed by atoms with van der Waals surface area (Å²) in [5.41, 5.74) is -0.0172. The van der Waals surface area contributed by atoms with E-state index in [1.807, 2.05) is 0 Å². The van der Waals surface area contributed by atoms with Crippen LogP contribution in [0.5, 0.6) is 0 Å². The van der Waals surface area contributed by atoms with E-state index in [0.717, 1.165) is 25.7 Å². The van der Waals surface area contributed by atoms with Crippen molar-refractivity contribution in [3.63, 3.8) is 0 Å². The van der Waals surface area contributed by atoms with E-state index >= 15 is 0 Å². The van der Waals surface area contributed by atoms with Crippen LogP contribution >= 0.6 is 0 Å². The van der Waals surface area contributed by atoms with Crippen molar-refractivity contribution in [2.45, 2.75) is 51.1 Å². The third kappa shape index (κ3) is 2.84. The van der Waals surface area contributed by atoms with E-state index in [1.165, 1.54) is 6.07 Å². The summed E-state index contributed by atoms with van der Waals surface area (Å²) >= 11 is 0. The van der Waals surface area contributed by atoms with E-state index in [9.17, 15) is 14.0 Å². The van der Waals surface area contributed by atoms with Gasteiger partial charge in [0.25, 0.3) is 0 Å². The van der Waals surface area contributed by atoms with Gasteiger partial charge in [-0.15, -0.1) is 0 Å². The molecule has 2 aliphatic rings. The van der Waals surface area contributed by atoms with Gasteiger partial charge in [0.15, 0.2) is 0 Å². The highest BCUT2D eigenvalue weighted by molar-refractivity contribution is 5.87. The largest absolute Gasteiger partial charge is 0.351 e. The Labute approximate surface area is 136 Å². The first-order valence-electron chi connectivity index (χ1n) is 8.32. The number of nitrogens with one attached hydrogen (secondary N) is 1. The van der Waals surface area contributed by atoms with Crippen LogP contribution in [0.15, 0.2) is 24.3 Å². The number of carbonyl (C=O) groups is 2. The standard InChI is InChI=1S/C18H23FN2O2/c1-21-15-8-4-5-10-18(15,11-9-16(21)22)17(23)20-12-13-6-2-3-7-14(13)19/h2-3,6-7,15H,4-5,8-12H2,1H3,(H,20,23)/t15-,18-/m1/s1. The molecule has 0 unspecified atom stereocenters. The van der Waals surface area contributed by atoms with Crippen LogP contribution in [0.4, 0.5) is 4.39 Å². The van der Waals surface area contributed by atoms with E-state index < -0.39 is 5.41 Å². The molecule has 0 aromatic heterocycles. The van der Waals surface area contributed by atoms with Crippen molar-refractivity contribution in [1.82, 2.24) is 10.2 Å². The number of amides is 2. The van der Waals surface area contributed by atoms with Gasteiger partial charge in [0.2, 0.25) is 11.8 Å². The minimum absolute atomic E-state index is 0.0295. The predicted octanol–water partition coefficient (Wildman–Crippen LogP) is 2.62. The molecular weight excluding hydrogens is 295 g/mol. The van der Waals surface area contributed by atoms with Gasteiger partial charge < -0.3 is 10.2 Å². The normalized spacial score (nSPS) is 27.5. The average molecular weight is 318 g/mol. The molecule has 1 aliphatic carbocycles. The number of hydrogen-bond acceptors (Lipinski definition) is 2. The van der Waals surface area contributed by atoms with Crippen LogP contribution in [0.25, 0.3) is 0 Å². The Morgan fingerprint density at radius 2 is 2.13 bits per heavy atom. The molecule has 3 rings (SSSR count). The van der Waals surface area contributed by atoms with E-state index in [0.29, 0.717) is 18.4 Å². The van der Waals surface area contributed by atoms with Crippen molar-refractivity contribution in [2.24, 2.45) is 5.41 Å².